The molecule has 11 nitrogen and oxygen atoms in total. The quantitative estimate of drug-likeness (QED) is 0.263. The van der Waals surface area contributed by atoms with Crippen molar-refractivity contribution in [3.05, 3.63) is 58.7 Å². The molecule has 1 fully saturated rings. The van der Waals surface area contributed by atoms with E-state index in [2.05, 4.69) is 0 Å². The number of aromatic hydroxyl groups is 2. The van der Waals surface area contributed by atoms with Crippen LogP contribution in [0.3, 0.4) is 0 Å². The van der Waals surface area contributed by atoms with E-state index in [0.717, 1.165) is 11.6 Å². The maximum absolute atomic E-state index is 13.1. The molecule has 0 radical (unpaired) electrons. The highest BCUT2D eigenvalue weighted by Gasteiger charge is 2.46. The Hall–Kier alpha value is -3.19. The Labute approximate surface area is 212 Å². The Kier molecular flexibility index (Phi) is 7.74. The summed E-state index contributed by atoms with van der Waals surface area (Å²) in [5, 5.41) is 71.2. The number of hydrogen-bond donors (Lipinski definition) is 7. The fraction of sp³-hybridized carbons (Fsp3) is 0.423. The van der Waals surface area contributed by atoms with E-state index in [1.807, 2.05) is 13.8 Å². The van der Waals surface area contributed by atoms with Gasteiger partial charge < -0.3 is 50.0 Å². The number of phenols is 2. The molecular weight excluding hydrogens is 488 g/mol. The van der Waals surface area contributed by atoms with E-state index in [9.17, 15) is 40.5 Å². The predicted octanol–water partition coefficient (Wildman–Crippen LogP) is 0.462. The van der Waals surface area contributed by atoms with E-state index in [-0.39, 0.29) is 34.8 Å². The van der Waals surface area contributed by atoms with Crippen molar-refractivity contribution >= 4 is 5.78 Å². The molecule has 7 atom stereocenters. The van der Waals surface area contributed by atoms with Crippen LogP contribution in [-0.2, 0) is 11.2 Å². The minimum absolute atomic E-state index is 0.0158. The highest BCUT2D eigenvalue weighted by atomic mass is 16.7. The number of rotatable bonds is 6. The summed E-state index contributed by atoms with van der Waals surface area (Å²) in [5.41, 5.74) is 1.35. The molecule has 4 rings (SSSR count). The lowest BCUT2D eigenvalue weighted by molar-refractivity contribution is -0.277. The number of ether oxygens (including phenoxy) is 3. The van der Waals surface area contributed by atoms with Crippen LogP contribution >= 0.6 is 0 Å². The van der Waals surface area contributed by atoms with Crippen molar-refractivity contribution in [2.24, 2.45) is 0 Å². The maximum atomic E-state index is 13.1. The molecule has 11 heteroatoms. The molecule has 2 aromatic carbocycles. The molecule has 1 saturated heterocycles. The number of carbonyl (C=O) groups excluding carboxylic acids is 1. The van der Waals surface area contributed by atoms with Gasteiger partial charge in [0, 0.05) is 11.6 Å². The number of hydrogen-bond acceptors (Lipinski definition) is 11. The second-order valence-electron chi connectivity index (χ2n) is 9.32. The first-order chi connectivity index (χ1) is 17.5. The third-order valence-corrected chi connectivity index (χ3v) is 6.40. The molecule has 2 heterocycles. The lowest BCUT2D eigenvalue weighted by Gasteiger charge is -2.40. The molecule has 2 aromatic rings. The standard InChI is InChI=1S/C26H30O11/c1-11(2)3-8-14-16(35-26-23(34)21(32)19(30)17(10-27)36-26)9-15(29)18-20(31)22(33)24(37-25(14)18)12-4-6-13(28)7-5-12/h3-7,9,17,19,21-24,26-30,32-34H,8,10H2,1-2H3/t17-,19-,21-,22?,23-,24?,26-/m1/s1. The van der Waals surface area contributed by atoms with Gasteiger partial charge in [-0.25, -0.2) is 0 Å². The van der Waals surface area contributed by atoms with E-state index >= 15 is 0 Å². The molecule has 0 spiro atoms. The molecular formula is C26H30O11. The van der Waals surface area contributed by atoms with Crippen molar-refractivity contribution < 1.29 is 54.8 Å². The van der Waals surface area contributed by atoms with Crippen LogP contribution in [-0.4, -0.2) is 84.9 Å². The predicted molar refractivity (Wildman–Crippen MR) is 127 cm³/mol. The largest absolute Gasteiger partial charge is 0.508 e. The number of fused-ring (bicyclic) bond motifs is 1. The highest BCUT2D eigenvalue weighted by Crippen LogP contribution is 2.46. The zero-order valence-corrected chi connectivity index (χ0v) is 20.2. The van der Waals surface area contributed by atoms with Crippen molar-refractivity contribution in [3.8, 4) is 23.0 Å². The zero-order valence-electron chi connectivity index (χ0n) is 20.2. The molecule has 0 bridgehead atoms. The summed E-state index contributed by atoms with van der Waals surface area (Å²) in [6.07, 6.45) is -8.58. The molecule has 200 valence electrons. The summed E-state index contributed by atoms with van der Waals surface area (Å²) in [6, 6.07) is 6.86. The van der Waals surface area contributed by atoms with Gasteiger partial charge in [-0.15, -0.1) is 0 Å². The Morgan fingerprint density at radius 1 is 1.03 bits per heavy atom. The summed E-state index contributed by atoms with van der Waals surface area (Å²) in [5.74, 6) is -1.45. The minimum Gasteiger partial charge on any atom is -0.508 e. The molecule has 0 aromatic heterocycles. The number of carbonyl (C=O) groups is 1. The van der Waals surface area contributed by atoms with Gasteiger partial charge in [0.2, 0.25) is 12.1 Å². The van der Waals surface area contributed by atoms with Gasteiger partial charge >= 0.3 is 0 Å². The lowest BCUT2D eigenvalue weighted by atomic mass is 9.90. The molecule has 2 aliphatic heterocycles. The number of allylic oxidation sites excluding steroid dienone is 2. The van der Waals surface area contributed by atoms with E-state index in [1.54, 1.807) is 6.08 Å². The van der Waals surface area contributed by atoms with Gasteiger partial charge in [0.25, 0.3) is 0 Å². The van der Waals surface area contributed by atoms with Gasteiger partial charge in [-0.3, -0.25) is 4.79 Å². The third-order valence-electron chi connectivity index (χ3n) is 6.40. The van der Waals surface area contributed by atoms with Crippen LogP contribution in [0.2, 0.25) is 0 Å². The number of aliphatic hydroxyl groups excluding tert-OH is 5. The summed E-state index contributed by atoms with van der Waals surface area (Å²) in [7, 11) is 0. The Morgan fingerprint density at radius 2 is 1.70 bits per heavy atom. The fourth-order valence-electron chi connectivity index (χ4n) is 4.32. The van der Waals surface area contributed by atoms with Gasteiger partial charge in [0.1, 0.15) is 53.0 Å². The first-order valence-electron chi connectivity index (χ1n) is 11.7. The maximum Gasteiger partial charge on any atom is 0.229 e. The second kappa shape index (κ2) is 10.7. The van der Waals surface area contributed by atoms with Crippen molar-refractivity contribution in [2.45, 2.75) is 63.2 Å². The van der Waals surface area contributed by atoms with Crippen LogP contribution in [0.5, 0.6) is 23.0 Å². The molecule has 0 saturated carbocycles. The van der Waals surface area contributed by atoms with E-state index in [0.29, 0.717) is 5.56 Å². The SMILES string of the molecule is CC(C)=CCc1c(O[C@@H]2O[C@H](CO)[C@@H](O)[C@@H](O)[C@H]2O)cc(O)c2c1OC(c1ccc(O)cc1)C(O)C2=O. The first kappa shape index (κ1) is 26.9. The van der Waals surface area contributed by atoms with E-state index in [4.69, 9.17) is 14.2 Å². The van der Waals surface area contributed by atoms with Crippen LogP contribution in [0.15, 0.2) is 42.0 Å². The van der Waals surface area contributed by atoms with E-state index < -0.39 is 61.1 Å². The zero-order chi connectivity index (χ0) is 27.0. The minimum atomic E-state index is -1.71. The average Bonchev–Trinajstić information content (AvgIpc) is 2.86. The van der Waals surface area contributed by atoms with Gasteiger partial charge in [0.15, 0.2) is 12.2 Å². The summed E-state index contributed by atoms with van der Waals surface area (Å²) in [4.78, 5) is 13.1. The lowest BCUT2D eigenvalue weighted by Crippen LogP contribution is -2.60. The van der Waals surface area contributed by atoms with Gasteiger partial charge in [0.05, 0.1) is 6.61 Å². The molecule has 2 aliphatic rings. The number of aliphatic hydroxyl groups is 5. The first-order valence-corrected chi connectivity index (χ1v) is 11.7. The van der Waals surface area contributed by atoms with E-state index in [1.165, 1.54) is 24.3 Å². The van der Waals surface area contributed by atoms with Crippen LogP contribution in [0.4, 0.5) is 0 Å². The summed E-state index contributed by atoms with van der Waals surface area (Å²) in [6.45, 7) is 3.04. The van der Waals surface area contributed by atoms with Crippen LogP contribution in [0, 0.1) is 0 Å². The van der Waals surface area contributed by atoms with Gasteiger partial charge in [-0.1, -0.05) is 23.8 Å². The monoisotopic (exact) mass is 518 g/mol. The van der Waals surface area contributed by atoms with Crippen molar-refractivity contribution in [2.75, 3.05) is 6.61 Å². The Bertz CT molecular complexity index is 1170. The highest BCUT2D eigenvalue weighted by molar-refractivity contribution is 6.06. The second-order valence-corrected chi connectivity index (χ2v) is 9.32. The normalized spacial score (nSPS) is 29.3. The number of phenolic OH excluding ortho intramolecular Hbond substituents is 2. The smallest absolute Gasteiger partial charge is 0.229 e. The topological polar surface area (TPSA) is 186 Å². The number of ketones is 1. The van der Waals surface area contributed by atoms with Crippen molar-refractivity contribution in [1.82, 2.24) is 0 Å². The fourth-order valence-corrected chi connectivity index (χ4v) is 4.32. The van der Waals surface area contributed by atoms with Gasteiger partial charge in [-0.2, -0.15) is 0 Å². The molecule has 7 N–H and O–H groups in total. The summed E-state index contributed by atoms with van der Waals surface area (Å²) < 4.78 is 17.3. The van der Waals surface area contributed by atoms with Crippen LogP contribution < -0.4 is 9.47 Å². The third kappa shape index (κ3) is 5.14. The van der Waals surface area contributed by atoms with Crippen LogP contribution in [0.1, 0.15) is 41.4 Å². The summed E-state index contributed by atoms with van der Waals surface area (Å²) >= 11 is 0. The Morgan fingerprint density at radius 3 is 2.32 bits per heavy atom. The molecule has 0 aliphatic carbocycles. The van der Waals surface area contributed by atoms with Crippen LogP contribution in [0.25, 0.3) is 0 Å². The van der Waals surface area contributed by atoms with Crippen molar-refractivity contribution in [1.29, 1.82) is 0 Å². The van der Waals surface area contributed by atoms with Gasteiger partial charge in [-0.05, 0) is 38.0 Å². The molecule has 0 amide bonds. The molecule has 2 unspecified atom stereocenters. The van der Waals surface area contributed by atoms with Crippen molar-refractivity contribution in [3.63, 3.8) is 0 Å². The Balaban J connectivity index is 1.79. The number of Topliss-reactive ketones (excluding diaryl/α,β-unsaturated/α-hetero) is 1. The average molecular weight is 519 g/mol. The molecule has 37 heavy (non-hydrogen) atoms. The number of benzene rings is 2.